The van der Waals surface area contributed by atoms with Crippen LogP contribution < -0.4 is 5.32 Å². The molecule has 2 amide bonds. The summed E-state index contributed by atoms with van der Waals surface area (Å²) in [6.07, 6.45) is 3.98. The summed E-state index contributed by atoms with van der Waals surface area (Å²) in [4.78, 5) is 24.2. The standard InChI is InChI=1S/C14H23N3O3/c1-11(3-6-13(18)19)7-9-16-14(20)17(10-2-8-15)12-4-5-12/h11-12H,2-7,9-10H2,1H3,(H,16,20)(H,18,19). The van der Waals surface area contributed by atoms with Crippen LogP contribution in [0.3, 0.4) is 0 Å². The highest BCUT2D eigenvalue weighted by molar-refractivity contribution is 5.74. The molecule has 1 fully saturated rings. The van der Waals surface area contributed by atoms with Crippen LogP contribution >= 0.6 is 0 Å². The van der Waals surface area contributed by atoms with Gasteiger partial charge in [-0.1, -0.05) is 6.92 Å². The van der Waals surface area contributed by atoms with Gasteiger partial charge in [-0.15, -0.1) is 0 Å². The van der Waals surface area contributed by atoms with Crippen molar-refractivity contribution in [2.24, 2.45) is 5.92 Å². The van der Waals surface area contributed by atoms with E-state index in [1.54, 1.807) is 4.90 Å². The van der Waals surface area contributed by atoms with Crippen LogP contribution in [-0.4, -0.2) is 41.1 Å². The second-order valence-electron chi connectivity index (χ2n) is 5.39. The number of carboxylic acids is 1. The number of amides is 2. The molecule has 0 saturated heterocycles. The highest BCUT2D eigenvalue weighted by Gasteiger charge is 2.31. The first kappa shape index (κ1) is 16.3. The molecule has 0 spiro atoms. The van der Waals surface area contributed by atoms with Gasteiger partial charge in [0.1, 0.15) is 0 Å². The van der Waals surface area contributed by atoms with Crippen LogP contribution in [0.15, 0.2) is 0 Å². The van der Waals surface area contributed by atoms with Gasteiger partial charge >= 0.3 is 12.0 Å². The molecule has 112 valence electrons. The van der Waals surface area contributed by atoms with E-state index in [2.05, 4.69) is 11.4 Å². The molecule has 20 heavy (non-hydrogen) atoms. The first-order valence-electron chi connectivity index (χ1n) is 7.17. The van der Waals surface area contributed by atoms with E-state index < -0.39 is 5.97 Å². The average molecular weight is 281 g/mol. The number of carboxylic acid groups (broad SMARTS) is 1. The average Bonchev–Trinajstić information content (AvgIpc) is 3.21. The van der Waals surface area contributed by atoms with Gasteiger partial charge in [-0.3, -0.25) is 4.79 Å². The van der Waals surface area contributed by atoms with Crippen molar-refractivity contribution in [3.63, 3.8) is 0 Å². The normalized spacial score (nSPS) is 15.2. The van der Waals surface area contributed by atoms with Gasteiger partial charge in [0.05, 0.1) is 12.5 Å². The zero-order valence-corrected chi connectivity index (χ0v) is 12.0. The molecule has 1 aliphatic rings. The number of hydrogen-bond donors (Lipinski definition) is 2. The molecule has 6 heteroatoms. The van der Waals surface area contributed by atoms with Crippen LogP contribution in [0.5, 0.6) is 0 Å². The van der Waals surface area contributed by atoms with Gasteiger partial charge < -0.3 is 15.3 Å². The number of nitrogens with zero attached hydrogens (tertiary/aromatic N) is 2. The molecule has 1 saturated carbocycles. The van der Waals surface area contributed by atoms with Gasteiger partial charge in [-0.25, -0.2) is 4.79 Å². The van der Waals surface area contributed by atoms with Gasteiger partial charge in [0.25, 0.3) is 0 Å². The van der Waals surface area contributed by atoms with E-state index >= 15 is 0 Å². The number of carbonyl (C=O) groups is 2. The number of urea groups is 1. The predicted octanol–water partition coefficient (Wildman–Crippen LogP) is 1.97. The summed E-state index contributed by atoms with van der Waals surface area (Å²) in [5.74, 6) is -0.503. The van der Waals surface area contributed by atoms with Crippen LogP contribution in [0.1, 0.15) is 45.4 Å². The lowest BCUT2D eigenvalue weighted by atomic mass is 10.0. The minimum atomic E-state index is -0.780. The Morgan fingerprint density at radius 3 is 2.70 bits per heavy atom. The van der Waals surface area contributed by atoms with Crippen molar-refractivity contribution < 1.29 is 14.7 Å². The summed E-state index contributed by atoms with van der Waals surface area (Å²) < 4.78 is 0. The van der Waals surface area contributed by atoms with E-state index in [0.29, 0.717) is 32.0 Å². The Balaban J connectivity index is 2.20. The van der Waals surface area contributed by atoms with E-state index in [9.17, 15) is 9.59 Å². The molecule has 0 radical (unpaired) electrons. The molecule has 0 heterocycles. The van der Waals surface area contributed by atoms with Crippen LogP contribution in [0.4, 0.5) is 4.79 Å². The van der Waals surface area contributed by atoms with E-state index in [4.69, 9.17) is 10.4 Å². The van der Waals surface area contributed by atoms with Crippen molar-refractivity contribution in [2.45, 2.75) is 51.5 Å². The summed E-state index contributed by atoms with van der Waals surface area (Å²) in [5, 5.41) is 20.1. The van der Waals surface area contributed by atoms with Crippen LogP contribution in [0, 0.1) is 17.2 Å². The molecule has 1 atom stereocenters. The molecule has 0 aromatic carbocycles. The van der Waals surface area contributed by atoms with Gasteiger partial charge in [0, 0.05) is 25.6 Å². The SMILES string of the molecule is CC(CCNC(=O)N(CCC#N)C1CC1)CCC(=O)O. The summed E-state index contributed by atoms with van der Waals surface area (Å²) in [7, 11) is 0. The highest BCUT2D eigenvalue weighted by Crippen LogP contribution is 2.26. The fourth-order valence-corrected chi connectivity index (χ4v) is 2.05. The minimum Gasteiger partial charge on any atom is -0.481 e. The van der Waals surface area contributed by atoms with Crippen LogP contribution in [-0.2, 0) is 4.79 Å². The topological polar surface area (TPSA) is 93.4 Å². The molecule has 0 bridgehead atoms. The van der Waals surface area contributed by atoms with Gasteiger partial charge in [-0.2, -0.15) is 5.26 Å². The first-order chi connectivity index (χ1) is 9.54. The number of aliphatic carboxylic acids is 1. The lowest BCUT2D eigenvalue weighted by Gasteiger charge is -2.22. The summed E-state index contributed by atoms with van der Waals surface area (Å²) in [5.41, 5.74) is 0. The van der Waals surface area contributed by atoms with Gasteiger partial charge in [0.15, 0.2) is 0 Å². The van der Waals surface area contributed by atoms with Crippen molar-refractivity contribution in [3.05, 3.63) is 0 Å². The molecule has 2 N–H and O–H groups in total. The summed E-state index contributed by atoms with van der Waals surface area (Å²) in [6.45, 7) is 3.03. The van der Waals surface area contributed by atoms with Crippen molar-refractivity contribution >= 4 is 12.0 Å². The molecule has 0 aliphatic heterocycles. The Labute approximate surface area is 119 Å². The van der Waals surface area contributed by atoms with E-state index in [1.807, 2.05) is 6.92 Å². The molecule has 0 aromatic heterocycles. The molecular formula is C14H23N3O3. The van der Waals surface area contributed by atoms with Crippen molar-refractivity contribution in [3.8, 4) is 6.07 Å². The number of nitriles is 1. The third kappa shape index (κ3) is 6.41. The Bertz CT molecular complexity index is 374. The van der Waals surface area contributed by atoms with Gasteiger partial charge in [0.2, 0.25) is 0 Å². The minimum absolute atomic E-state index is 0.104. The number of rotatable bonds is 9. The quantitative estimate of drug-likeness (QED) is 0.675. The van der Waals surface area contributed by atoms with E-state index in [1.165, 1.54) is 0 Å². The molecular weight excluding hydrogens is 258 g/mol. The second-order valence-corrected chi connectivity index (χ2v) is 5.39. The second kappa shape index (κ2) is 8.41. The van der Waals surface area contributed by atoms with Crippen LogP contribution in [0.25, 0.3) is 0 Å². The maximum absolute atomic E-state index is 12.0. The molecule has 6 nitrogen and oxygen atoms in total. The Morgan fingerprint density at radius 2 is 2.15 bits per heavy atom. The molecule has 1 rings (SSSR count). The third-order valence-electron chi connectivity index (χ3n) is 3.48. The number of hydrogen-bond acceptors (Lipinski definition) is 3. The largest absolute Gasteiger partial charge is 0.481 e. The Kier molecular flexibility index (Phi) is 6.85. The monoisotopic (exact) mass is 281 g/mol. The number of nitrogens with one attached hydrogen (secondary N) is 1. The zero-order chi connectivity index (χ0) is 15.0. The summed E-state index contributed by atoms with van der Waals surface area (Å²) >= 11 is 0. The number of carbonyl (C=O) groups excluding carboxylic acids is 1. The fourth-order valence-electron chi connectivity index (χ4n) is 2.05. The van der Waals surface area contributed by atoms with Crippen LogP contribution in [0.2, 0.25) is 0 Å². The van der Waals surface area contributed by atoms with E-state index in [-0.39, 0.29) is 18.4 Å². The fraction of sp³-hybridized carbons (Fsp3) is 0.786. The van der Waals surface area contributed by atoms with E-state index in [0.717, 1.165) is 19.3 Å². The van der Waals surface area contributed by atoms with Crippen molar-refractivity contribution in [2.75, 3.05) is 13.1 Å². The molecule has 1 aliphatic carbocycles. The Hall–Kier alpha value is -1.77. The maximum Gasteiger partial charge on any atom is 0.317 e. The lowest BCUT2D eigenvalue weighted by Crippen LogP contribution is -2.42. The summed E-state index contributed by atoms with van der Waals surface area (Å²) in [6, 6.07) is 2.26. The molecule has 0 aromatic rings. The smallest absolute Gasteiger partial charge is 0.317 e. The Morgan fingerprint density at radius 1 is 1.45 bits per heavy atom. The maximum atomic E-state index is 12.0. The zero-order valence-electron chi connectivity index (χ0n) is 12.0. The van der Waals surface area contributed by atoms with Crippen molar-refractivity contribution in [1.82, 2.24) is 10.2 Å². The highest BCUT2D eigenvalue weighted by atomic mass is 16.4. The lowest BCUT2D eigenvalue weighted by molar-refractivity contribution is -0.137. The van der Waals surface area contributed by atoms with Gasteiger partial charge in [-0.05, 0) is 31.6 Å². The van der Waals surface area contributed by atoms with Crippen molar-refractivity contribution in [1.29, 1.82) is 5.26 Å². The first-order valence-corrected chi connectivity index (χ1v) is 7.17. The third-order valence-corrected chi connectivity index (χ3v) is 3.48. The molecule has 1 unspecified atom stereocenters. The predicted molar refractivity (Wildman–Crippen MR) is 74.0 cm³/mol.